The Kier molecular flexibility index (Phi) is 6.15. The molecule has 10 rings (SSSR count). The van der Waals surface area contributed by atoms with Gasteiger partial charge < -0.3 is 9.13 Å². The molecule has 0 unspecified atom stereocenters. The van der Waals surface area contributed by atoms with Crippen molar-refractivity contribution in [3.63, 3.8) is 0 Å². The number of aryl methyl sites for hydroxylation is 4. The fourth-order valence-electron chi connectivity index (χ4n) is 8.88. The van der Waals surface area contributed by atoms with Gasteiger partial charge >= 0.3 is 0 Å². The monoisotopic (exact) mass is 658 g/mol. The summed E-state index contributed by atoms with van der Waals surface area (Å²) >= 11 is 0. The lowest BCUT2D eigenvalue weighted by Gasteiger charge is -2.22. The van der Waals surface area contributed by atoms with E-state index in [1.807, 2.05) is 0 Å². The van der Waals surface area contributed by atoms with E-state index in [0.717, 1.165) is 33.7 Å². The van der Waals surface area contributed by atoms with Gasteiger partial charge in [-0.15, -0.1) is 0 Å². The van der Waals surface area contributed by atoms with Gasteiger partial charge in [-0.2, -0.15) is 0 Å². The molecule has 4 heteroatoms. The van der Waals surface area contributed by atoms with Crippen LogP contribution >= 0.6 is 0 Å². The molecule has 0 bridgehead atoms. The van der Waals surface area contributed by atoms with E-state index >= 15 is 0 Å². The first kappa shape index (κ1) is 29.9. The fourth-order valence-corrected chi connectivity index (χ4v) is 8.88. The van der Waals surface area contributed by atoms with Crippen LogP contribution in [0.1, 0.15) is 36.6 Å². The van der Waals surface area contributed by atoms with Crippen LogP contribution in [0.5, 0.6) is 0 Å². The molecule has 246 valence electrons. The molecule has 0 saturated heterocycles. The molecule has 4 nitrogen and oxygen atoms in total. The van der Waals surface area contributed by atoms with Crippen molar-refractivity contribution >= 4 is 43.6 Å². The van der Waals surface area contributed by atoms with Crippen LogP contribution in [0.2, 0.25) is 0 Å². The van der Waals surface area contributed by atoms with Crippen LogP contribution in [0.4, 0.5) is 0 Å². The number of benzene rings is 7. The first-order chi connectivity index (χ1) is 24.7. The lowest BCUT2D eigenvalue weighted by molar-refractivity contribution is 0.660. The Bertz CT molecular complexity index is 2790. The van der Waals surface area contributed by atoms with Crippen molar-refractivity contribution in [2.45, 2.75) is 33.1 Å². The quantitative estimate of drug-likeness (QED) is 0.177. The summed E-state index contributed by atoms with van der Waals surface area (Å²) in [5.41, 5.74) is 17.1. The van der Waals surface area contributed by atoms with Crippen molar-refractivity contribution in [2.75, 3.05) is 0 Å². The molecule has 0 amide bonds. The second-order valence-corrected chi connectivity index (χ2v) is 14.8. The molecule has 7 aromatic carbocycles. The standard InChI is InChI=1S/C47H38N4/c1-27-48-41-22-20-29(24-43(41)50(27)5)31-13-9-15-33-37(31)26-38-32(30-21-23-42-44(25-30)51(6)28(2)49-42)14-10-16-34(38)45(33)36-17-11-19-40-46(36)35-12-7-8-18-39(35)47(40,3)4/h7-26H,1-6H3. The van der Waals surface area contributed by atoms with Crippen molar-refractivity contribution in [1.29, 1.82) is 0 Å². The van der Waals surface area contributed by atoms with Crippen LogP contribution in [0, 0.1) is 13.8 Å². The van der Waals surface area contributed by atoms with Crippen LogP contribution in [-0.4, -0.2) is 19.1 Å². The number of aromatic nitrogens is 4. The Morgan fingerprint density at radius 1 is 0.451 bits per heavy atom. The van der Waals surface area contributed by atoms with E-state index in [1.54, 1.807) is 0 Å². The van der Waals surface area contributed by atoms with Crippen molar-refractivity contribution in [3.8, 4) is 44.5 Å². The normalized spacial score (nSPS) is 13.5. The Morgan fingerprint density at radius 2 is 0.941 bits per heavy atom. The summed E-state index contributed by atoms with van der Waals surface area (Å²) in [5.74, 6) is 2.03. The van der Waals surface area contributed by atoms with Gasteiger partial charge in [0.1, 0.15) is 11.6 Å². The van der Waals surface area contributed by atoms with Gasteiger partial charge in [0.05, 0.1) is 22.1 Å². The third-order valence-electron chi connectivity index (χ3n) is 11.7. The molecule has 2 heterocycles. The first-order valence-electron chi connectivity index (χ1n) is 17.8. The number of imidazole rings is 2. The van der Waals surface area contributed by atoms with Crippen molar-refractivity contribution < 1.29 is 0 Å². The lowest BCUT2D eigenvalue weighted by Crippen LogP contribution is -2.14. The summed E-state index contributed by atoms with van der Waals surface area (Å²) < 4.78 is 4.37. The number of hydrogen-bond donors (Lipinski definition) is 0. The highest BCUT2D eigenvalue weighted by Gasteiger charge is 2.37. The van der Waals surface area contributed by atoms with Crippen LogP contribution in [0.3, 0.4) is 0 Å². The van der Waals surface area contributed by atoms with E-state index in [2.05, 4.69) is 172 Å². The van der Waals surface area contributed by atoms with Crippen LogP contribution in [-0.2, 0) is 19.5 Å². The maximum Gasteiger partial charge on any atom is 0.106 e. The predicted molar refractivity (Wildman–Crippen MR) is 213 cm³/mol. The van der Waals surface area contributed by atoms with Gasteiger partial charge in [0, 0.05) is 19.5 Å². The highest BCUT2D eigenvalue weighted by molar-refractivity contribution is 6.20. The second-order valence-electron chi connectivity index (χ2n) is 14.8. The molecule has 1 aliphatic rings. The molecule has 0 aliphatic heterocycles. The minimum atomic E-state index is -0.0913. The first-order valence-corrected chi connectivity index (χ1v) is 17.8. The summed E-state index contributed by atoms with van der Waals surface area (Å²) in [7, 11) is 4.21. The zero-order valence-electron chi connectivity index (χ0n) is 29.8. The second kappa shape index (κ2) is 10.5. The van der Waals surface area contributed by atoms with Crippen LogP contribution < -0.4 is 0 Å². The minimum Gasteiger partial charge on any atom is -0.331 e. The fraction of sp³-hybridized carbons (Fsp3) is 0.149. The molecule has 0 fully saturated rings. The number of rotatable bonds is 3. The van der Waals surface area contributed by atoms with Crippen LogP contribution in [0.25, 0.3) is 88.1 Å². The van der Waals surface area contributed by atoms with E-state index in [-0.39, 0.29) is 5.41 Å². The van der Waals surface area contributed by atoms with E-state index < -0.39 is 0 Å². The average Bonchev–Trinajstić information content (AvgIpc) is 3.70. The Hall–Kier alpha value is -6.00. The van der Waals surface area contributed by atoms with Crippen molar-refractivity contribution in [2.24, 2.45) is 14.1 Å². The number of nitrogens with zero attached hydrogens (tertiary/aromatic N) is 4. The van der Waals surface area contributed by atoms with Crippen LogP contribution in [0.15, 0.2) is 121 Å². The largest absolute Gasteiger partial charge is 0.331 e. The third kappa shape index (κ3) is 4.14. The maximum atomic E-state index is 4.80. The molecule has 2 aromatic heterocycles. The molecule has 0 radical (unpaired) electrons. The Labute approximate surface area is 297 Å². The molecule has 0 spiro atoms. The van der Waals surface area contributed by atoms with E-state index in [0.29, 0.717) is 0 Å². The average molecular weight is 659 g/mol. The van der Waals surface area contributed by atoms with Gasteiger partial charge in [-0.3, -0.25) is 0 Å². The zero-order valence-corrected chi connectivity index (χ0v) is 29.8. The molecule has 9 aromatic rings. The molecule has 0 N–H and O–H groups in total. The van der Waals surface area contributed by atoms with E-state index in [1.165, 1.54) is 77.2 Å². The number of fused-ring (bicyclic) bond motifs is 7. The number of hydrogen-bond acceptors (Lipinski definition) is 2. The SMILES string of the molecule is Cc1nc2ccc(-c3cccc4c(-c5cccc6c5-c5ccccc5C6(C)C)c5cccc(-c6ccc7nc(C)n(C)c7c6)c5cc34)cc2n1C. The molecular weight excluding hydrogens is 621 g/mol. The molecule has 0 saturated carbocycles. The van der Waals surface area contributed by atoms with Gasteiger partial charge in [-0.05, 0) is 121 Å². The Balaban J connectivity index is 1.34. The minimum absolute atomic E-state index is 0.0913. The molecule has 1 aliphatic carbocycles. The maximum absolute atomic E-state index is 4.80. The summed E-state index contributed by atoms with van der Waals surface area (Å²) in [6, 6.07) is 45.4. The topological polar surface area (TPSA) is 35.6 Å². The highest BCUT2D eigenvalue weighted by atomic mass is 15.1. The van der Waals surface area contributed by atoms with Crippen molar-refractivity contribution in [1.82, 2.24) is 19.1 Å². The summed E-state index contributed by atoms with van der Waals surface area (Å²) in [5, 5.41) is 5.00. The van der Waals surface area contributed by atoms with Gasteiger partial charge in [-0.1, -0.05) is 105 Å². The van der Waals surface area contributed by atoms with Crippen molar-refractivity contribution in [3.05, 3.63) is 144 Å². The Morgan fingerprint density at radius 3 is 1.53 bits per heavy atom. The summed E-state index contributed by atoms with van der Waals surface area (Å²) in [6.45, 7) is 8.87. The smallest absolute Gasteiger partial charge is 0.106 e. The van der Waals surface area contributed by atoms with E-state index in [9.17, 15) is 0 Å². The molecular formula is C47H38N4. The zero-order chi connectivity index (χ0) is 34.8. The van der Waals surface area contributed by atoms with Gasteiger partial charge in [0.25, 0.3) is 0 Å². The lowest BCUT2D eigenvalue weighted by atomic mass is 9.81. The highest BCUT2D eigenvalue weighted by Crippen LogP contribution is 2.54. The predicted octanol–water partition coefficient (Wildman–Crippen LogP) is 11.7. The third-order valence-corrected chi connectivity index (χ3v) is 11.7. The van der Waals surface area contributed by atoms with E-state index in [4.69, 9.17) is 9.97 Å². The van der Waals surface area contributed by atoms with Gasteiger partial charge in [0.15, 0.2) is 0 Å². The summed E-state index contributed by atoms with van der Waals surface area (Å²) in [6.07, 6.45) is 0. The summed E-state index contributed by atoms with van der Waals surface area (Å²) in [4.78, 5) is 9.60. The molecule has 51 heavy (non-hydrogen) atoms. The van der Waals surface area contributed by atoms with Gasteiger partial charge in [0.2, 0.25) is 0 Å². The molecule has 0 atom stereocenters. The van der Waals surface area contributed by atoms with Gasteiger partial charge in [-0.25, -0.2) is 9.97 Å².